The molecule has 2 N–H and O–H groups in total. The summed E-state index contributed by atoms with van der Waals surface area (Å²) in [5, 5.41) is 5.83. The van der Waals surface area contributed by atoms with Crippen molar-refractivity contribution in [1.29, 1.82) is 0 Å². The summed E-state index contributed by atoms with van der Waals surface area (Å²) >= 11 is 0. The number of hydrogen-bond acceptors (Lipinski definition) is 4. The van der Waals surface area contributed by atoms with Crippen LogP contribution in [0.4, 0.5) is 14.9 Å². The van der Waals surface area contributed by atoms with Gasteiger partial charge in [0.15, 0.2) is 0 Å². The lowest BCUT2D eigenvalue weighted by Gasteiger charge is -2.24. The number of amides is 3. The van der Waals surface area contributed by atoms with Gasteiger partial charge in [0.05, 0.1) is 11.6 Å². The highest BCUT2D eigenvalue weighted by molar-refractivity contribution is 6.00. The van der Waals surface area contributed by atoms with Crippen LogP contribution in [0.25, 0.3) is 0 Å². The van der Waals surface area contributed by atoms with Crippen molar-refractivity contribution >= 4 is 23.6 Å². The van der Waals surface area contributed by atoms with Crippen LogP contribution in [0.15, 0.2) is 24.3 Å². The minimum Gasteiger partial charge on any atom is -0.444 e. The fraction of sp³-hybridized carbons (Fsp3) is 0.591. The Balaban J connectivity index is 1.53. The quantitative estimate of drug-likeness (QED) is 0.768. The first-order valence-corrected chi connectivity index (χ1v) is 10.5. The van der Waals surface area contributed by atoms with Gasteiger partial charge in [-0.15, -0.1) is 0 Å². The van der Waals surface area contributed by atoms with Crippen LogP contribution >= 0.6 is 0 Å². The van der Waals surface area contributed by atoms with Crippen molar-refractivity contribution in [3.63, 3.8) is 0 Å². The van der Waals surface area contributed by atoms with Gasteiger partial charge in [0.2, 0.25) is 11.8 Å². The van der Waals surface area contributed by atoms with Crippen LogP contribution in [-0.2, 0) is 14.3 Å². The molecule has 0 unspecified atom stereocenters. The summed E-state index contributed by atoms with van der Waals surface area (Å²) in [4.78, 5) is 38.4. The van der Waals surface area contributed by atoms with Crippen LogP contribution in [0, 0.1) is 17.7 Å². The largest absolute Gasteiger partial charge is 0.444 e. The Kier molecular flexibility index (Phi) is 6.63. The second kappa shape index (κ2) is 9.02. The van der Waals surface area contributed by atoms with Crippen molar-refractivity contribution in [1.82, 2.24) is 10.6 Å². The zero-order valence-corrected chi connectivity index (χ0v) is 17.7. The second-order valence-electron chi connectivity index (χ2n) is 9.05. The number of para-hydroxylation sites is 1. The number of carbonyl (C=O) groups excluding carboxylic acids is 3. The van der Waals surface area contributed by atoms with Gasteiger partial charge in [-0.1, -0.05) is 18.6 Å². The van der Waals surface area contributed by atoms with Gasteiger partial charge in [0, 0.05) is 25.6 Å². The molecule has 7 nitrogen and oxygen atoms in total. The van der Waals surface area contributed by atoms with E-state index in [2.05, 4.69) is 10.6 Å². The predicted octanol–water partition coefficient (Wildman–Crippen LogP) is 2.99. The number of hydrogen-bond donors (Lipinski definition) is 2. The molecule has 0 radical (unpaired) electrons. The molecule has 3 atom stereocenters. The molecule has 1 saturated heterocycles. The van der Waals surface area contributed by atoms with Crippen LogP contribution in [0.1, 0.15) is 46.5 Å². The third kappa shape index (κ3) is 5.49. The summed E-state index contributed by atoms with van der Waals surface area (Å²) in [6, 6.07) is 6.01. The number of rotatable bonds is 5. The Bertz CT molecular complexity index is 808. The number of nitrogens with zero attached hydrogens (tertiary/aromatic N) is 1. The number of alkyl carbamates (subject to hydrolysis) is 1. The Labute approximate surface area is 176 Å². The molecule has 30 heavy (non-hydrogen) atoms. The van der Waals surface area contributed by atoms with E-state index in [1.165, 1.54) is 11.0 Å². The zero-order chi connectivity index (χ0) is 21.9. The standard InChI is InChI=1S/C22H30FN3O4/c1-22(2,3)30-21(29)24-12-14-7-6-9-17(14)25-20(28)15-11-19(27)26(13-15)18-10-5-4-8-16(18)23/h4-5,8,10,14-15,17H,6-7,9,11-13H2,1-3H3,(H,24,29)(H,25,28)/t14-,15+,17+/m0/s1. The lowest BCUT2D eigenvalue weighted by Crippen LogP contribution is -2.45. The van der Waals surface area contributed by atoms with Gasteiger partial charge in [0.1, 0.15) is 11.4 Å². The number of halogens is 1. The predicted molar refractivity (Wildman–Crippen MR) is 110 cm³/mol. The summed E-state index contributed by atoms with van der Waals surface area (Å²) in [5.41, 5.74) is -0.356. The lowest BCUT2D eigenvalue weighted by atomic mass is 10.0. The third-order valence-electron chi connectivity index (χ3n) is 5.53. The highest BCUT2D eigenvalue weighted by atomic mass is 19.1. The Hall–Kier alpha value is -2.64. The molecule has 1 aromatic rings. The minimum atomic E-state index is -0.563. The van der Waals surface area contributed by atoms with E-state index in [9.17, 15) is 18.8 Å². The molecule has 0 bridgehead atoms. The van der Waals surface area contributed by atoms with Crippen LogP contribution in [-0.4, -0.2) is 42.6 Å². The fourth-order valence-electron chi connectivity index (χ4n) is 4.09. The van der Waals surface area contributed by atoms with E-state index in [0.717, 1.165) is 19.3 Å². The molecule has 1 aromatic carbocycles. The molecule has 1 aliphatic carbocycles. The van der Waals surface area contributed by atoms with Crippen LogP contribution < -0.4 is 15.5 Å². The normalized spacial score (nSPS) is 24.1. The molecule has 0 aromatic heterocycles. The molecule has 1 heterocycles. The first-order chi connectivity index (χ1) is 14.1. The van der Waals surface area contributed by atoms with Gasteiger partial charge in [-0.2, -0.15) is 0 Å². The van der Waals surface area contributed by atoms with Gasteiger partial charge in [-0.3, -0.25) is 9.59 Å². The maximum atomic E-state index is 14.0. The zero-order valence-electron chi connectivity index (χ0n) is 17.7. The second-order valence-corrected chi connectivity index (χ2v) is 9.05. The van der Waals surface area contributed by atoms with E-state index >= 15 is 0 Å². The molecule has 2 aliphatic rings. The summed E-state index contributed by atoms with van der Waals surface area (Å²) in [6.45, 7) is 6.00. The SMILES string of the molecule is CC(C)(C)OC(=O)NC[C@@H]1CCC[C@H]1NC(=O)[C@@H]1CC(=O)N(c2ccccc2F)C1. The van der Waals surface area contributed by atoms with Crippen LogP contribution in [0.2, 0.25) is 0 Å². The summed E-state index contributed by atoms with van der Waals surface area (Å²) in [6.07, 6.45) is 2.27. The summed E-state index contributed by atoms with van der Waals surface area (Å²) in [5.74, 6) is -1.33. The molecular weight excluding hydrogens is 389 g/mol. The smallest absolute Gasteiger partial charge is 0.407 e. The summed E-state index contributed by atoms with van der Waals surface area (Å²) < 4.78 is 19.3. The maximum absolute atomic E-state index is 14.0. The van der Waals surface area contributed by atoms with Crippen LogP contribution in [0.5, 0.6) is 0 Å². The average molecular weight is 419 g/mol. The van der Waals surface area contributed by atoms with Crippen molar-refractivity contribution < 1.29 is 23.5 Å². The van der Waals surface area contributed by atoms with Crippen molar-refractivity contribution in [3.8, 4) is 0 Å². The monoisotopic (exact) mass is 419 g/mol. The number of nitrogens with one attached hydrogen (secondary N) is 2. The summed E-state index contributed by atoms with van der Waals surface area (Å²) in [7, 11) is 0. The van der Waals surface area contributed by atoms with Gasteiger partial charge < -0.3 is 20.3 Å². The van der Waals surface area contributed by atoms with E-state index < -0.39 is 23.4 Å². The number of benzene rings is 1. The fourth-order valence-corrected chi connectivity index (χ4v) is 4.09. The molecule has 8 heteroatoms. The minimum absolute atomic E-state index is 0.0632. The van der Waals surface area contributed by atoms with Crippen LogP contribution in [0.3, 0.4) is 0 Å². The van der Waals surface area contributed by atoms with Gasteiger partial charge >= 0.3 is 6.09 Å². The number of carbonyl (C=O) groups is 3. The highest BCUT2D eigenvalue weighted by Gasteiger charge is 2.38. The van der Waals surface area contributed by atoms with Crippen molar-refractivity contribution in [2.24, 2.45) is 11.8 Å². The van der Waals surface area contributed by atoms with Crippen molar-refractivity contribution in [2.75, 3.05) is 18.0 Å². The molecule has 3 rings (SSSR count). The van der Waals surface area contributed by atoms with E-state index in [4.69, 9.17) is 4.74 Å². The Morgan fingerprint density at radius 3 is 2.67 bits per heavy atom. The first-order valence-electron chi connectivity index (χ1n) is 10.5. The van der Waals surface area contributed by atoms with E-state index in [-0.39, 0.29) is 42.4 Å². The first kappa shape index (κ1) is 22.1. The molecular formula is C22H30FN3O4. The molecule has 0 spiro atoms. The average Bonchev–Trinajstić information content (AvgIpc) is 3.25. The number of ether oxygens (including phenoxy) is 1. The van der Waals surface area contributed by atoms with E-state index in [1.807, 2.05) is 0 Å². The van der Waals surface area contributed by atoms with Crippen molar-refractivity contribution in [2.45, 2.75) is 58.1 Å². The van der Waals surface area contributed by atoms with Gasteiger partial charge in [0.25, 0.3) is 0 Å². The molecule has 1 saturated carbocycles. The molecule has 3 amide bonds. The topological polar surface area (TPSA) is 87.7 Å². The van der Waals surface area contributed by atoms with Gasteiger partial charge in [-0.25, -0.2) is 9.18 Å². The maximum Gasteiger partial charge on any atom is 0.407 e. The highest BCUT2D eigenvalue weighted by Crippen LogP contribution is 2.29. The molecule has 1 aliphatic heterocycles. The van der Waals surface area contributed by atoms with Crippen molar-refractivity contribution in [3.05, 3.63) is 30.1 Å². The van der Waals surface area contributed by atoms with Gasteiger partial charge in [-0.05, 0) is 51.7 Å². The molecule has 2 fully saturated rings. The third-order valence-corrected chi connectivity index (χ3v) is 5.53. The Morgan fingerprint density at radius 2 is 1.97 bits per heavy atom. The van der Waals surface area contributed by atoms with E-state index in [0.29, 0.717) is 6.54 Å². The lowest BCUT2D eigenvalue weighted by molar-refractivity contribution is -0.127. The Morgan fingerprint density at radius 1 is 1.23 bits per heavy atom. The van der Waals surface area contributed by atoms with E-state index in [1.54, 1.807) is 39.0 Å². The molecule has 164 valence electrons. The number of anilines is 1.